The molecule has 0 bridgehead atoms. The van der Waals surface area contributed by atoms with Gasteiger partial charge in [0.25, 0.3) is 0 Å². The van der Waals surface area contributed by atoms with Crippen LogP contribution in [0.5, 0.6) is 0 Å². The Bertz CT molecular complexity index is 554. The van der Waals surface area contributed by atoms with Gasteiger partial charge in [-0.1, -0.05) is 12.1 Å². The third-order valence-corrected chi connectivity index (χ3v) is 3.15. The summed E-state index contributed by atoms with van der Waals surface area (Å²) in [5.41, 5.74) is 0.715. The van der Waals surface area contributed by atoms with Crippen molar-refractivity contribution in [3.63, 3.8) is 0 Å². The minimum absolute atomic E-state index is 0.0122. The molecule has 7 heteroatoms. The Morgan fingerprint density at radius 1 is 1.15 bits per heavy atom. The van der Waals surface area contributed by atoms with Crippen molar-refractivity contribution in [2.45, 2.75) is 6.10 Å². The van der Waals surface area contributed by atoms with E-state index in [1.54, 1.807) is 7.05 Å². The van der Waals surface area contributed by atoms with Crippen LogP contribution in [0.1, 0.15) is 11.7 Å². The number of hydrogen-bond donors (Lipinski definition) is 2. The number of carboxylic acids is 1. The molecule has 0 aromatic heterocycles. The maximum atomic E-state index is 11.9. The van der Waals surface area contributed by atoms with Crippen LogP contribution in [0, 0.1) is 0 Å². The second-order valence-electron chi connectivity index (χ2n) is 4.56. The Labute approximate surface area is 115 Å². The van der Waals surface area contributed by atoms with Crippen molar-refractivity contribution >= 4 is 23.5 Å². The van der Waals surface area contributed by atoms with Gasteiger partial charge in [-0.25, -0.2) is 4.79 Å². The second kappa shape index (κ2) is 5.30. The van der Waals surface area contributed by atoms with E-state index in [1.807, 2.05) is 0 Å². The first-order chi connectivity index (χ1) is 9.40. The van der Waals surface area contributed by atoms with E-state index in [1.165, 1.54) is 34.1 Å². The van der Waals surface area contributed by atoms with E-state index >= 15 is 0 Å². The monoisotopic (exact) mass is 278 g/mol. The maximum Gasteiger partial charge on any atom is 0.337 e. The number of aliphatic hydroxyl groups is 1. The third kappa shape index (κ3) is 2.62. The smallest absolute Gasteiger partial charge is 0.337 e. The lowest BCUT2D eigenvalue weighted by atomic mass is 10.1. The number of likely N-dealkylation sites (N-methyl/N-ethyl adjacent to an activating group) is 1. The number of carbonyl (C=O) groups is 3. The molecule has 2 rings (SSSR count). The van der Waals surface area contributed by atoms with Gasteiger partial charge in [0.2, 0.25) is 11.8 Å². The molecule has 0 saturated carbocycles. The van der Waals surface area contributed by atoms with Crippen LogP contribution in [0.25, 0.3) is 0 Å². The van der Waals surface area contributed by atoms with Crippen molar-refractivity contribution < 1.29 is 24.6 Å². The van der Waals surface area contributed by atoms with Crippen molar-refractivity contribution in [1.82, 2.24) is 4.90 Å². The number of benzene rings is 1. The molecule has 1 aliphatic rings. The van der Waals surface area contributed by atoms with Gasteiger partial charge in [0.05, 0.1) is 6.54 Å². The first-order valence-corrected chi connectivity index (χ1v) is 5.95. The normalized spacial score (nSPS) is 17.3. The Hall–Kier alpha value is -2.41. The molecule has 1 aliphatic heterocycles. The van der Waals surface area contributed by atoms with E-state index in [0.717, 1.165) is 0 Å². The van der Waals surface area contributed by atoms with Gasteiger partial charge in [-0.2, -0.15) is 0 Å². The van der Waals surface area contributed by atoms with Crippen LogP contribution in [0.4, 0.5) is 5.69 Å². The van der Waals surface area contributed by atoms with Crippen molar-refractivity contribution in [2.24, 2.45) is 0 Å². The second-order valence-corrected chi connectivity index (χ2v) is 4.56. The topological polar surface area (TPSA) is 98.2 Å². The first-order valence-electron chi connectivity index (χ1n) is 5.95. The lowest BCUT2D eigenvalue weighted by Gasteiger charge is -2.31. The molecule has 1 heterocycles. The van der Waals surface area contributed by atoms with E-state index in [9.17, 15) is 19.5 Å². The van der Waals surface area contributed by atoms with E-state index in [2.05, 4.69) is 0 Å². The van der Waals surface area contributed by atoms with Gasteiger partial charge >= 0.3 is 5.97 Å². The van der Waals surface area contributed by atoms with E-state index in [-0.39, 0.29) is 30.5 Å². The van der Waals surface area contributed by atoms with Crippen LogP contribution >= 0.6 is 0 Å². The molecule has 0 radical (unpaired) electrons. The number of hydrogen-bond acceptors (Lipinski definition) is 4. The summed E-state index contributed by atoms with van der Waals surface area (Å²) in [6.07, 6.45) is -1.60. The van der Waals surface area contributed by atoms with Gasteiger partial charge in [-0.05, 0) is 17.7 Å². The summed E-state index contributed by atoms with van der Waals surface area (Å²) in [4.78, 5) is 36.8. The van der Waals surface area contributed by atoms with Gasteiger partial charge in [-0.3, -0.25) is 9.59 Å². The Kier molecular flexibility index (Phi) is 3.71. The summed E-state index contributed by atoms with van der Waals surface area (Å²) in [7, 11) is 1.56. The Morgan fingerprint density at radius 3 is 2.30 bits per heavy atom. The molecule has 1 atom stereocenters. The van der Waals surface area contributed by atoms with Gasteiger partial charge < -0.3 is 20.0 Å². The highest BCUT2D eigenvalue weighted by Crippen LogP contribution is 2.21. The zero-order valence-corrected chi connectivity index (χ0v) is 10.8. The fourth-order valence-corrected chi connectivity index (χ4v) is 1.93. The fourth-order valence-electron chi connectivity index (χ4n) is 1.93. The van der Waals surface area contributed by atoms with Crippen LogP contribution in [-0.4, -0.2) is 53.0 Å². The van der Waals surface area contributed by atoms with Gasteiger partial charge in [0.1, 0.15) is 6.54 Å². The summed E-state index contributed by atoms with van der Waals surface area (Å²) < 4.78 is 0. The lowest BCUT2D eigenvalue weighted by Crippen LogP contribution is -2.52. The summed E-state index contributed by atoms with van der Waals surface area (Å²) in [5, 5.41) is 18.1. The van der Waals surface area contributed by atoms with Gasteiger partial charge in [-0.15, -0.1) is 0 Å². The SMILES string of the molecule is CN1CC(=O)N(c2ccc(C(O)C(=O)O)cc2)CC1=O. The molecule has 7 nitrogen and oxygen atoms in total. The number of aliphatic carboxylic acids is 1. The highest BCUT2D eigenvalue weighted by Gasteiger charge is 2.28. The van der Waals surface area contributed by atoms with Crippen LogP contribution < -0.4 is 4.90 Å². The molecule has 20 heavy (non-hydrogen) atoms. The zero-order valence-electron chi connectivity index (χ0n) is 10.8. The number of rotatable bonds is 3. The van der Waals surface area contributed by atoms with Crippen molar-refractivity contribution in [1.29, 1.82) is 0 Å². The number of aliphatic hydroxyl groups excluding tert-OH is 1. The van der Waals surface area contributed by atoms with Crippen molar-refractivity contribution in [3.05, 3.63) is 29.8 Å². The number of carboxylic acid groups (broad SMARTS) is 1. The van der Waals surface area contributed by atoms with E-state index in [4.69, 9.17) is 5.11 Å². The number of piperazine rings is 1. The molecule has 1 saturated heterocycles. The van der Waals surface area contributed by atoms with Crippen LogP contribution in [-0.2, 0) is 14.4 Å². The van der Waals surface area contributed by atoms with Crippen molar-refractivity contribution in [3.8, 4) is 0 Å². The number of carbonyl (C=O) groups excluding carboxylic acids is 2. The van der Waals surface area contributed by atoms with E-state index in [0.29, 0.717) is 5.69 Å². The quantitative estimate of drug-likeness (QED) is 0.784. The summed E-state index contributed by atoms with van der Waals surface area (Å²) in [5.74, 6) is -1.72. The molecule has 1 unspecified atom stereocenters. The summed E-state index contributed by atoms with van der Waals surface area (Å²) >= 11 is 0. The molecule has 0 spiro atoms. The van der Waals surface area contributed by atoms with Crippen LogP contribution in [0.3, 0.4) is 0 Å². The number of anilines is 1. The third-order valence-electron chi connectivity index (χ3n) is 3.15. The molecule has 1 aromatic carbocycles. The van der Waals surface area contributed by atoms with Crippen molar-refractivity contribution in [2.75, 3.05) is 25.0 Å². The lowest BCUT2D eigenvalue weighted by molar-refractivity contribution is -0.147. The number of nitrogens with zero attached hydrogens (tertiary/aromatic N) is 2. The van der Waals surface area contributed by atoms with Crippen LogP contribution in [0.15, 0.2) is 24.3 Å². The minimum atomic E-state index is -1.60. The molecule has 0 aliphatic carbocycles. The fraction of sp³-hybridized carbons (Fsp3) is 0.308. The molecular formula is C13H14N2O5. The predicted octanol–water partition coefficient (Wildman–Crippen LogP) is -0.390. The molecule has 2 amide bonds. The highest BCUT2D eigenvalue weighted by atomic mass is 16.4. The largest absolute Gasteiger partial charge is 0.479 e. The highest BCUT2D eigenvalue weighted by molar-refractivity contribution is 6.04. The van der Waals surface area contributed by atoms with Gasteiger partial charge in [0, 0.05) is 12.7 Å². The predicted molar refractivity (Wildman–Crippen MR) is 69.0 cm³/mol. The minimum Gasteiger partial charge on any atom is -0.479 e. The average molecular weight is 278 g/mol. The van der Waals surface area contributed by atoms with Crippen LogP contribution in [0.2, 0.25) is 0 Å². The molecule has 2 N–H and O–H groups in total. The molecule has 106 valence electrons. The summed E-state index contributed by atoms with van der Waals surface area (Å²) in [6.45, 7) is -0.0332. The average Bonchev–Trinajstić information content (AvgIpc) is 2.42. The van der Waals surface area contributed by atoms with E-state index < -0.39 is 12.1 Å². The Balaban J connectivity index is 2.20. The molecule has 1 aromatic rings. The zero-order chi connectivity index (χ0) is 14.9. The summed E-state index contributed by atoms with van der Waals surface area (Å²) in [6, 6.07) is 5.87. The number of amides is 2. The first kappa shape index (κ1) is 14.0. The standard InChI is InChI=1S/C13H14N2O5/c1-14-6-11(17)15(7-10(14)16)9-4-2-8(3-5-9)12(18)13(19)20/h2-5,12,18H,6-7H2,1H3,(H,19,20). The molecular weight excluding hydrogens is 264 g/mol. The van der Waals surface area contributed by atoms with Gasteiger partial charge in [0.15, 0.2) is 6.10 Å². The Morgan fingerprint density at radius 2 is 1.75 bits per heavy atom. The maximum absolute atomic E-state index is 11.9. The molecule has 1 fully saturated rings.